The molecule has 4 aromatic rings. The maximum Gasteiger partial charge on any atom is 0.256 e. The molecule has 0 saturated carbocycles. The van der Waals surface area contributed by atoms with Crippen molar-refractivity contribution in [2.75, 3.05) is 13.6 Å². The lowest BCUT2D eigenvalue weighted by molar-refractivity contribution is 0.0731. The van der Waals surface area contributed by atoms with Crippen LogP contribution in [-0.4, -0.2) is 49.9 Å². The number of aromatic nitrogens is 4. The van der Waals surface area contributed by atoms with E-state index in [9.17, 15) is 9.59 Å². The molecule has 0 spiro atoms. The molecule has 1 fully saturated rings. The lowest BCUT2D eigenvalue weighted by Crippen LogP contribution is -2.31. The Hall–Kier alpha value is -3.81. The van der Waals surface area contributed by atoms with Gasteiger partial charge in [0.05, 0.1) is 29.0 Å². The van der Waals surface area contributed by atoms with Gasteiger partial charge in [0.2, 0.25) is 0 Å². The SMILES string of the molecule is CNC(=O)c1cnn2c([C@H]3CCCN3C(=O)c3cnc4ccccc4c3)ccnc12. The molecule has 2 amide bonds. The average Bonchev–Trinajstić information content (AvgIpc) is 3.45. The Balaban J connectivity index is 1.52. The third kappa shape index (κ3) is 2.88. The number of likely N-dealkylation sites (tertiary alicyclic amines) is 1. The highest BCUT2D eigenvalue weighted by Crippen LogP contribution is 2.33. The average molecular weight is 400 g/mol. The summed E-state index contributed by atoms with van der Waals surface area (Å²) in [6.45, 7) is 0.656. The number of fused-ring (bicyclic) bond motifs is 2. The largest absolute Gasteiger partial charge is 0.355 e. The van der Waals surface area contributed by atoms with Crippen molar-refractivity contribution in [3.8, 4) is 0 Å². The zero-order chi connectivity index (χ0) is 20.7. The number of nitrogens with zero attached hydrogens (tertiary/aromatic N) is 5. The fraction of sp³-hybridized carbons (Fsp3) is 0.227. The van der Waals surface area contributed by atoms with E-state index in [0.29, 0.717) is 23.3 Å². The Bertz CT molecular complexity index is 1280. The topological polar surface area (TPSA) is 92.5 Å². The minimum atomic E-state index is -0.240. The highest BCUT2D eigenvalue weighted by molar-refractivity contribution is 5.99. The highest BCUT2D eigenvalue weighted by Gasteiger charge is 2.33. The summed E-state index contributed by atoms with van der Waals surface area (Å²) >= 11 is 0. The normalized spacial score (nSPS) is 16.3. The summed E-state index contributed by atoms with van der Waals surface area (Å²) in [6.07, 6.45) is 6.53. The zero-order valence-corrected chi connectivity index (χ0v) is 16.4. The van der Waals surface area contributed by atoms with Gasteiger partial charge in [-0.2, -0.15) is 5.10 Å². The van der Waals surface area contributed by atoms with Crippen LogP contribution in [0, 0.1) is 0 Å². The predicted molar refractivity (Wildman–Crippen MR) is 111 cm³/mol. The molecule has 3 aromatic heterocycles. The molecule has 8 nitrogen and oxygen atoms in total. The number of para-hydroxylation sites is 1. The lowest BCUT2D eigenvalue weighted by Gasteiger charge is -2.25. The summed E-state index contributed by atoms with van der Waals surface area (Å²) < 4.78 is 1.67. The molecule has 0 unspecified atom stereocenters. The van der Waals surface area contributed by atoms with E-state index in [0.717, 1.165) is 29.4 Å². The fourth-order valence-corrected chi connectivity index (χ4v) is 4.13. The third-order valence-corrected chi connectivity index (χ3v) is 5.59. The Kier molecular flexibility index (Phi) is 4.39. The van der Waals surface area contributed by atoms with Crippen molar-refractivity contribution in [2.45, 2.75) is 18.9 Å². The minimum absolute atomic E-state index is 0.0561. The van der Waals surface area contributed by atoms with Crippen molar-refractivity contribution in [1.82, 2.24) is 29.8 Å². The summed E-state index contributed by atoms with van der Waals surface area (Å²) in [5.74, 6) is -0.296. The molecule has 1 N–H and O–H groups in total. The maximum absolute atomic E-state index is 13.3. The summed E-state index contributed by atoms with van der Waals surface area (Å²) in [5, 5.41) is 7.93. The van der Waals surface area contributed by atoms with Crippen molar-refractivity contribution in [1.29, 1.82) is 0 Å². The number of benzene rings is 1. The molecule has 30 heavy (non-hydrogen) atoms. The monoisotopic (exact) mass is 400 g/mol. The van der Waals surface area contributed by atoms with Gasteiger partial charge >= 0.3 is 0 Å². The number of rotatable bonds is 3. The number of pyridine rings is 1. The van der Waals surface area contributed by atoms with Gasteiger partial charge in [0.15, 0.2) is 5.65 Å². The zero-order valence-electron chi connectivity index (χ0n) is 16.4. The number of carbonyl (C=O) groups excluding carboxylic acids is 2. The van der Waals surface area contributed by atoms with Gasteiger partial charge < -0.3 is 10.2 Å². The second-order valence-electron chi connectivity index (χ2n) is 7.32. The van der Waals surface area contributed by atoms with Gasteiger partial charge in [0, 0.05) is 31.4 Å². The summed E-state index contributed by atoms with van der Waals surface area (Å²) in [5.41, 5.74) is 3.17. The summed E-state index contributed by atoms with van der Waals surface area (Å²) in [6, 6.07) is 11.4. The van der Waals surface area contributed by atoms with Crippen molar-refractivity contribution in [3.63, 3.8) is 0 Å². The van der Waals surface area contributed by atoms with Gasteiger partial charge in [-0.25, -0.2) is 9.50 Å². The van der Waals surface area contributed by atoms with E-state index in [-0.39, 0.29) is 17.9 Å². The van der Waals surface area contributed by atoms with Crippen LogP contribution in [0.5, 0.6) is 0 Å². The van der Waals surface area contributed by atoms with Crippen LogP contribution in [0.4, 0.5) is 0 Å². The number of hydrogen-bond acceptors (Lipinski definition) is 5. The van der Waals surface area contributed by atoms with Crippen molar-refractivity contribution >= 4 is 28.4 Å². The van der Waals surface area contributed by atoms with Gasteiger partial charge in [-0.05, 0) is 31.0 Å². The number of amides is 2. The summed E-state index contributed by atoms with van der Waals surface area (Å²) in [7, 11) is 1.57. The first-order valence-corrected chi connectivity index (χ1v) is 9.88. The van der Waals surface area contributed by atoms with Crippen LogP contribution in [-0.2, 0) is 0 Å². The van der Waals surface area contributed by atoms with E-state index in [1.807, 2.05) is 41.3 Å². The van der Waals surface area contributed by atoms with Crippen LogP contribution < -0.4 is 5.32 Å². The lowest BCUT2D eigenvalue weighted by atomic mass is 10.1. The van der Waals surface area contributed by atoms with Gasteiger partial charge in [-0.15, -0.1) is 0 Å². The molecule has 150 valence electrons. The smallest absolute Gasteiger partial charge is 0.256 e. The quantitative estimate of drug-likeness (QED) is 0.571. The fourth-order valence-electron chi connectivity index (χ4n) is 4.13. The molecule has 1 aromatic carbocycles. The highest BCUT2D eigenvalue weighted by atomic mass is 16.2. The van der Waals surface area contributed by atoms with E-state index in [1.165, 1.54) is 6.20 Å². The van der Waals surface area contributed by atoms with Crippen molar-refractivity contribution < 1.29 is 9.59 Å². The second-order valence-corrected chi connectivity index (χ2v) is 7.32. The molecule has 0 aliphatic carbocycles. The molecule has 1 aliphatic rings. The van der Waals surface area contributed by atoms with Crippen molar-refractivity contribution in [2.24, 2.45) is 0 Å². The van der Waals surface area contributed by atoms with Crippen LogP contribution in [0.1, 0.15) is 45.3 Å². The molecule has 0 bridgehead atoms. The Morgan fingerprint density at radius 1 is 1.13 bits per heavy atom. The van der Waals surface area contributed by atoms with Crippen LogP contribution >= 0.6 is 0 Å². The van der Waals surface area contributed by atoms with Crippen LogP contribution in [0.15, 0.2) is 55.0 Å². The van der Waals surface area contributed by atoms with Crippen LogP contribution in [0.25, 0.3) is 16.6 Å². The number of hydrogen-bond donors (Lipinski definition) is 1. The number of nitrogens with one attached hydrogen (secondary N) is 1. The molecule has 8 heteroatoms. The molecule has 5 rings (SSSR count). The standard InChI is InChI=1S/C22H20N6O2/c1-23-21(29)16-13-26-28-19(8-9-24-20(16)28)18-7-4-10-27(18)22(30)15-11-14-5-2-3-6-17(14)25-12-15/h2-3,5-6,8-9,11-13,18H,4,7,10H2,1H3,(H,23,29)/t18-/m1/s1. The van der Waals surface area contributed by atoms with E-state index >= 15 is 0 Å². The van der Waals surface area contributed by atoms with E-state index in [4.69, 9.17) is 0 Å². The van der Waals surface area contributed by atoms with Gasteiger partial charge in [0.25, 0.3) is 11.8 Å². The molecule has 1 saturated heterocycles. The van der Waals surface area contributed by atoms with Crippen LogP contribution in [0.3, 0.4) is 0 Å². The van der Waals surface area contributed by atoms with Gasteiger partial charge in [-0.1, -0.05) is 18.2 Å². The Labute approximate surface area is 172 Å². The predicted octanol–water partition coefficient (Wildman–Crippen LogP) is 2.61. The Morgan fingerprint density at radius 3 is 2.87 bits per heavy atom. The maximum atomic E-state index is 13.3. The number of carbonyl (C=O) groups is 2. The Morgan fingerprint density at radius 2 is 2.00 bits per heavy atom. The first-order valence-electron chi connectivity index (χ1n) is 9.88. The minimum Gasteiger partial charge on any atom is -0.355 e. The first kappa shape index (κ1) is 18.2. The van der Waals surface area contributed by atoms with Crippen molar-refractivity contribution in [3.05, 3.63) is 71.8 Å². The molecule has 0 radical (unpaired) electrons. The van der Waals surface area contributed by atoms with E-state index in [1.54, 1.807) is 24.0 Å². The van der Waals surface area contributed by atoms with Crippen LogP contribution in [0.2, 0.25) is 0 Å². The molecular formula is C22H20N6O2. The van der Waals surface area contributed by atoms with E-state index in [2.05, 4.69) is 20.4 Å². The third-order valence-electron chi connectivity index (χ3n) is 5.59. The molecule has 4 heterocycles. The molecule has 1 atom stereocenters. The first-order chi connectivity index (χ1) is 14.7. The van der Waals surface area contributed by atoms with Gasteiger partial charge in [-0.3, -0.25) is 14.6 Å². The second kappa shape index (κ2) is 7.22. The van der Waals surface area contributed by atoms with Gasteiger partial charge in [0.1, 0.15) is 5.56 Å². The summed E-state index contributed by atoms with van der Waals surface area (Å²) in [4.78, 5) is 36.1. The molecule has 1 aliphatic heterocycles. The molecular weight excluding hydrogens is 380 g/mol. The van der Waals surface area contributed by atoms with E-state index < -0.39 is 0 Å².